The minimum absolute atomic E-state index is 0.0398. The molecule has 0 saturated heterocycles. The van der Waals surface area contributed by atoms with Crippen LogP contribution in [0.2, 0.25) is 0 Å². The van der Waals surface area contributed by atoms with Gasteiger partial charge in [-0.3, -0.25) is 0 Å². The van der Waals surface area contributed by atoms with Gasteiger partial charge in [0.2, 0.25) is 15.6 Å². The summed E-state index contributed by atoms with van der Waals surface area (Å²) in [5, 5.41) is 9.41. The maximum Gasteiger partial charge on any atom is 0.216 e. The van der Waals surface area contributed by atoms with E-state index in [9.17, 15) is 13.7 Å². The first kappa shape index (κ1) is 18.3. The summed E-state index contributed by atoms with van der Waals surface area (Å²) in [6, 6.07) is 11.1. The molecule has 0 aromatic heterocycles. The fourth-order valence-corrected chi connectivity index (χ4v) is 3.86. The molecular formula is C18H14BrNO5S. The molecule has 6 nitrogen and oxygen atoms in total. The normalized spacial score (nSPS) is 13.8. The molecule has 0 saturated carbocycles. The van der Waals surface area contributed by atoms with Gasteiger partial charge in [-0.1, -0.05) is 15.9 Å². The quantitative estimate of drug-likeness (QED) is 0.682. The molecule has 0 aliphatic carbocycles. The van der Waals surface area contributed by atoms with Crippen molar-refractivity contribution in [1.82, 2.24) is 0 Å². The van der Waals surface area contributed by atoms with Crippen molar-refractivity contribution in [1.29, 1.82) is 5.26 Å². The third-order valence-corrected chi connectivity index (χ3v) is 5.88. The van der Waals surface area contributed by atoms with Gasteiger partial charge in [0.05, 0.1) is 12.0 Å². The van der Waals surface area contributed by atoms with Crippen molar-refractivity contribution >= 4 is 31.8 Å². The molecule has 1 heterocycles. The van der Waals surface area contributed by atoms with Crippen LogP contribution in [-0.2, 0) is 9.84 Å². The molecule has 8 heteroatoms. The standard InChI is InChI=1S/C18H14BrNO5S/c1-23-16-9-12(10-17-18(16)25-7-6-24-17)8-15(11-20)26(21,22)14-4-2-13(19)3-5-14/h2-5,8-10H,6-7H2,1H3. The predicted molar refractivity (Wildman–Crippen MR) is 98.9 cm³/mol. The molecule has 0 atom stereocenters. The minimum atomic E-state index is -3.94. The van der Waals surface area contributed by atoms with Crippen LogP contribution in [0.1, 0.15) is 5.56 Å². The zero-order valence-corrected chi connectivity index (χ0v) is 16.1. The van der Waals surface area contributed by atoms with E-state index in [0.29, 0.717) is 36.0 Å². The fourth-order valence-electron chi connectivity index (χ4n) is 2.44. The Morgan fingerprint density at radius 3 is 2.58 bits per heavy atom. The van der Waals surface area contributed by atoms with Crippen LogP contribution in [0.25, 0.3) is 6.08 Å². The van der Waals surface area contributed by atoms with Crippen LogP contribution in [0, 0.1) is 11.3 Å². The summed E-state index contributed by atoms with van der Waals surface area (Å²) in [4.78, 5) is -0.337. The van der Waals surface area contributed by atoms with Gasteiger partial charge in [0.15, 0.2) is 11.5 Å². The zero-order valence-electron chi connectivity index (χ0n) is 13.7. The minimum Gasteiger partial charge on any atom is -0.493 e. The number of methoxy groups -OCH3 is 1. The number of benzene rings is 2. The second-order valence-corrected chi connectivity index (χ2v) is 8.16. The van der Waals surface area contributed by atoms with Crippen LogP contribution in [0.15, 0.2) is 50.7 Å². The highest BCUT2D eigenvalue weighted by Gasteiger charge is 2.22. The Morgan fingerprint density at radius 1 is 1.23 bits per heavy atom. The molecule has 1 aliphatic heterocycles. The lowest BCUT2D eigenvalue weighted by Gasteiger charge is -2.21. The number of sulfone groups is 1. The Hall–Kier alpha value is -2.50. The van der Waals surface area contributed by atoms with Crippen molar-refractivity contribution in [3.8, 4) is 23.3 Å². The topological polar surface area (TPSA) is 85.6 Å². The van der Waals surface area contributed by atoms with Gasteiger partial charge in [-0.05, 0) is 48.0 Å². The Labute approximate surface area is 159 Å². The molecule has 0 bridgehead atoms. The van der Waals surface area contributed by atoms with E-state index in [1.54, 1.807) is 30.3 Å². The smallest absolute Gasteiger partial charge is 0.216 e. The molecule has 1 aliphatic rings. The van der Waals surface area contributed by atoms with Crippen LogP contribution in [0.5, 0.6) is 17.2 Å². The summed E-state index contributed by atoms with van der Waals surface area (Å²) in [5.74, 6) is 1.32. The van der Waals surface area contributed by atoms with Crippen LogP contribution in [0.3, 0.4) is 0 Å². The summed E-state index contributed by atoms with van der Waals surface area (Å²) in [6.07, 6.45) is 1.29. The number of ether oxygens (including phenoxy) is 3. The lowest BCUT2D eigenvalue weighted by atomic mass is 10.1. The highest BCUT2D eigenvalue weighted by Crippen LogP contribution is 2.41. The van der Waals surface area contributed by atoms with E-state index in [2.05, 4.69) is 15.9 Å². The number of rotatable bonds is 4. The Kier molecular flexibility index (Phi) is 5.20. The molecule has 3 rings (SSSR count). The van der Waals surface area contributed by atoms with E-state index in [-0.39, 0.29) is 9.80 Å². The van der Waals surface area contributed by atoms with Crippen molar-refractivity contribution < 1.29 is 22.6 Å². The first-order valence-electron chi connectivity index (χ1n) is 7.56. The van der Waals surface area contributed by atoms with Crippen molar-refractivity contribution in [3.63, 3.8) is 0 Å². The molecule has 134 valence electrons. The first-order chi connectivity index (χ1) is 12.5. The zero-order chi connectivity index (χ0) is 18.7. The Morgan fingerprint density at radius 2 is 1.92 bits per heavy atom. The number of nitrogens with zero attached hydrogens (tertiary/aromatic N) is 1. The van der Waals surface area contributed by atoms with Crippen molar-refractivity contribution in [2.75, 3.05) is 20.3 Å². The number of hydrogen-bond acceptors (Lipinski definition) is 6. The lowest BCUT2D eigenvalue weighted by molar-refractivity contribution is 0.165. The van der Waals surface area contributed by atoms with E-state index in [4.69, 9.17) is 14.2 Å². The Balaban J connectivity index is 2.07. The van der Waals surface area contributed by atoms with Gasteiger partial charge in [0, 0.05) is 4.47 Å². The monoisotopic (exact) mass is 435 g/mol. The average Bonchev–Trinajstić information content (AvgIpc) is 2.65. The summed E-state index contributed by atoms with van der Waals surface area (Å²) in [5.41, 5.74) is 0.461. The number of allylic oxidation sites excluding steroid dienone is 1. The molecule has 0 spiro atoms. The van der Waals surface area contributed by atoms with Gasteiger partial charge in [-0.25, -0.2) is 8.42 Å². The Bertz CT molecular complexity index is 990. The molecular weight excluding hydrogens is 422 g/mol. The van der Waals surface area contributed by atoms with Crippen molar-refractivity contribution in [2.24, 2.45) is 0 Å². The van der Waals surface area contributed by atoms with Gasteiger partial charge in [-0.15, -0.1) is 0 Å². The third-order valence-electron chi connectivity index (χ3n) is 3.67. The SMILES string of the molecule is COc1cc(C=C(C#N)S(=O)(=O)c2ccc(Br)cc2)cc2c1OCCO2. The summed E-state index contributed by atoms with van der Waals surface area (Å²) in [6.45, 7) is 0.783. The molecule has 26 heavy (non-hydrogen) atoms. The number of hydrogen-bond donors (Lipinski definition) is 0. The van der Waals surface area contributed by atoms with E-state index in [1.165, 1.54) is 25.3 Å². The fraction of sp³-hybridized carbons (Fsp3) is 0.167. The maximum atomic E-state index is 12.7. The molecule has 0 amide bonds. The lowest BCUT2D eigenvalue weighted by Crippen LogP contribution is -2.16. The van der Waals surface area contributed by atoms with E-state index in [1.807, 2.05) is 0 Å². The molecule has 2 aromatic carbocycles. The highest BCUT2D eigenvalue weighted by molar-refractivity contribution is 9.10. The molecule has 0 N–H and O–H groups in total. The van der Waals surface area contributed by atoms with Crippen LogP contribution in [-0.4, -0.2) is 28.7 Å². The van der Waals surface area contributed by atoms with Crippen LogP contribution in [0.4, 0.5) is 0 Å². The van der Waals surface area contributed by atoms with E-state index < -0.39 is 9.84 Å². The van der Waals surface area contributed by atoms with Crippen molar-refractivity contribution in [3.05, 3.63) is 51.3 Å². The predicted octanol–water partition coefficient (Wildman–Crippen LogP) is 3.57. The molecule has 0 radical (unpaired) electrons. The second kappa shape index (κ2) is 7.40. The van der Waals surface area contributed by atoms with E-state index >= 15 is 0 Å². The average molecular weight is 436 g/mol. The van der Waals surface area contributed by atoms with Crippen LogP contribution >= 0.6 is 15.9 Å². The summed E-state index contributed by atoms with van der Waals surface area (Å²) < 4.78 is 42.5. The van der Waals surface area contributed by atoms with Gasteiger partial charge >= 0.3 is 0 Å². The second-order valence-electron chi connectivity index (χ2n) is 5.33. The molecule has 0 fully saturated rings. The summed E-state index contributed by atoms with van der Waals surface area (Å²) in [7, 11) is -2.46. The van der Waals surface area contributed by atoms with Gasteiger partial charge in [0.25, 0.3) is 0 Å². The van der Waals surface area contributed by atoms with E-state index in [0.717, 1.165) is 4.47 Å². The van der Waals surface area contributed by atoms with Gasteiger partial charge in [0.1, 0.15) is 24.2 Å². The molecule has 0 unspecified atom stereocenters. The van der Waals surface area contributed by atoms with Crippen molar-refractivity contribution in [2.45, 2.75) is 4.90 Å². The highest BCUT2D eigenvalue weighted by atomic mass is 79.9. The maximum absolute atomic E-state index is 12.7. The first-order valence-corrected chi connectivity index (χ1v) is 9.83. The van der Waals surface area contributed by atoms with Gasteiger partial charge in [-0.2, -0.15) is 5.26 Å². The molecule has 2 aromatic rings. The largest absolute Gasteiger partial charge is 0.493 e. The number of halogens is 1. The number of nitriles is 1. The number of fused-ring (bicyclic) bond motifs is 1. The third kappa shape index (κ3) is 3.54. The van der Waals surface area contributed by atoms with Crippen LogP contribution < -0.4 is 14.2 Å². The summed E-state index contributed by atoms with van der Waals surface area (Å²) >= 11 is 3.26. The van der Waals surface area contributed by atoms with Gasteiger partial charge < -0.3 is 14.2 Å².